The van der Waals surface area contributed by atoms with E-state index in [2.05, 4.69) is 62.2 Å². The zero-order valence-electron chi connectivity index (χ0n) is 18.8. The fourth-order valence-electron chi connectivity index (χ4n) is 4.56. The van der Waals surface area contributed by atoms with Crippen molar-refractivity contribution in [3.05, 3.63) is 88.0 Å². The molecule has 2 heterocycles. The number of hydrogen-bond donors (Lipinski definition) is 0. The molecule has 0 aliphatic carbocycles. The van der Waals surface area contributed by atoms with Crippen LogP contribution in [0.1, 0.15) is 38.2 Å². The molecule has 1 amide bonds. The predicted octanol–water partition coefficient (Wildman–Crippen LogP) is 6.35. The quantitative estimate of drug-likeness (QED) is 0.318. The van der Waals surface area contributed by atoms with Gasteiger partial charge < -0.3 is 14.4 Å². The van der Waals surface area contributed by atoms with Gasteiger partial charge in [0, 0.05) is 29.5 Å². The van der Waals surface area contributed by atoms with Crippen LogP contribution in [0, 0.1) is 0 Å². The Morgan fingerprint density at radius 1 is 0.971 bits per heavy atom. The minimum absolute atomic E-state index is 0.0381. The molecule has 0 saturated carbocycles. The number of methoxy groups -OCH3 is 1. The Morgan fingerprint density at radius 3 is 2.38 bits per heavy atom. The Labute approximate surface area is 216 Å². The number of nitrogens with zero attached hydrogens (tertiary/aromatic N) is 2. The van der Waals surface area contributed by atoms with Gasteiger partial charge in [-0.05, 0) is 40.3 Å². The number of carbonyl (C=O) groups is 1. The largest absolute Gasteiger partial charge is 0.493 e. The van der Waals surface area contributed by atoms with Crippen LogP contribution in [0.5, 0.6) is 11.5 Å². The summed E-state index contributed by atoms with van der Waals surface area (Å²) in [6, 6.07) is 18.2. The van der Waals surface area contributed by atoms with Crippen LogP contribution in [0.2, 0.25) is 0 Å². The van der Waals surface area contributed by atoms with E-state index in [-0.39, 0.29) is 11.9 Å². The van der Waals surface area contributed by atoms with Crippen LogP contribution < -0.4 is 9.47 Å². The number of benzene rings is 3. The van der Waals surface area contributed by atoms with Crippen molar-refractivity contribution in [1.82, 2.24) is 4.90 Å². The molecular formula is C27H24Br2N2O3. The van der Waals surface area contributed by atoms with Crippen molar-refractivity contribution in [2.75, 3.05) is 7.11 Å². The number of fused-ring (bicyclic) bond motifs is 3. The van der Waals surface area contributed by atoms with Crippen LogP contribution in [0.25, 0.3) is 0 Å². The molecule has 5 rings (SSSR count). The van der Waals surface area contributed by atoms with Gasteiger partial charge in [0.05, 0.1) is 24.4 Å². The molecule has 0 radical (unpaired) electrons. The summed E-state index contributed by atoms with van der Waals surface area (Å²) in [6.07, 6.45) is 2.65. The van der Waals surface area contributed by atoms with E-state index < -0.39 is 0 Å². The summed E-state index contributed by atoms with van der Waals surface area (Å²) in [7, 11) is 1.59. The predicted molar refractivity (Wildman–Crippen MR) is 141 cm³/mol. The second-order valence-electron chi connectivity index (χ2n) is 8.49. The molecule has 174 valence electrons. The van der Waals surface area contributed by atoms with Crippen molar-refractivity contribution in [2.45, 2.75) is 36.3 Å². The normalized spacial score (nSPS) is 16.4. The minimum atomic E-state index is -0.0696. The molecule has 0 aromatic heterocycles. The van der Waals surface area contributed by atoms with Gasteiger partial charge in [-0.3, -0.25) is 9.79 Å². The molecule has 0 N–H and O–H groups in total. The van der Waals surface area contributed by atoms with Gasteiger partial charge in [0.15, 0.2) is 11.5 Å². The zero-order chi connectivity index (χ0) is 23.7. The Kier molecular flexibility index (Phi) is 6.75. The summed E-state index contributed by atoms with van der Waals surface area (Å²) >= 11 is 7.07. The Hall–Kier alpha value is -2.64. The van der Waals surface area contributed by atoms with Crippen molar-refractivity contribution >= 4 is 49.7 Å². The van der Waals surface area contributed by atoms with Gasteiger partial charge in [-0.1, -0.05) is 74.3 Å². The van der Waals surface area contributed by atoms with Crippen molar-refractivity contribution in [3.63, 3.8) is 0 Å². The van der Waals surface area contributed by atoms with Gasteiger partial charge >= 0.3 is 0 Å². The molecule has 0 spiro atoms. The van der Waals surface area contributed by atoms with Crippen LogP contribution >= 0.6 is 31.9 Å². The molecule has 0 bridgehead atoms. The van der Waals surface area contributed by atoms with Gasteiger partial charge in [0.2, 0.25) is 0 Å². The van der Waals surface area contributed by atoms with Gasteiger partial charge in [-0.15, -0.1) is 0 Å². The number of rotatable bonds is 6. The third-order valence-corrected chi connectivity index (χ3v) is 7.56. The maximum atomic E-state index is 13.5. The highest BCUT2D eigenvalue weighted by Crippen LogP contribution is 2.38. The van der Waals surface area contributed by atoms with Crippen molar-refractivity contribution in [2.24, 2.45) is 4.99 Å². The number of ether oxygens (including phenoxy) is 2. The van der Waals surface area contributed by atoms with E-state index in [1.54, 1.807) is 13.2 Å². The molecular weight excluding hydrogens is 560 g/mol. The molecule has 5 nitrogen and oxygen atoms in total. The van der Waals surface area contributed by atoms with Crippen LogP contribution in [-0.4, -0.2) is 30.2 Å². The minimum Gasteiger partial charge on any atom is -0.493 e. The van der Waals surface area contributed by atoms with E-state index in [1.807, 2.05) is 29.3 Å². The fraction of sp³-hybridized carbons (Fsp3) is 0.259. The van der Waals surface area contributed by atoms with E-state index >= 15 is 0 Å². The molecule has 1 atom stereocenters. The first-order chi connectivity index (χ1) is 16.6. The summed E-state index contributed by atoms with van der Waals surface area (Å²) < 4.78 is 11.8. The molecule has 0 fully saturated rings. The van der Waals surface area contributed by atoms with E-state index in [4.69, 9.17) is 14.5 Å². The van der Waals surface area contributed by atoms with Gasteiger partial charge in [0.25, 0.3) is 5.91 Å². The maximum Gasteiger partial charge on any atom is 0.257 e. The molecule has 34 heavy (non-hydrogen) atoms. The zero-order valence-corrected chi connectivity index (χ0v) is 21.9. The number of amides is 1. The lowest BCUT2D eigenvalue weighted by Gasteiger charge is -2.34. The third kappa shape index (κ3) is 4.51. The van der Waals surface area contributed by atoms with E-state index in [9.17, 15) is 4.79 Å². The Balaban J connectivity index is 1.44. The van der Waals surface area contributed by atoms with Crippen LogP contribution in [0.15, 0.2) is 59.6 Å². The molecule has 3 aromatic rings. The first kappa shape index (κ1) is 23.1. The molecule has 0 unspecified atom stereocenters. The summed E-state index contributed by atoms with van der Waals surface area (Å²) in [4.78, 5) is 20.1. The SMILES string of the molecule is COc1cc2c(cc1OCc1cc(CBr)cc(CBr)c1)N=C[C@@H]1Cc3ccccc3CN1C2=O. The molecule has 7 heteroatoms. The lowest BCUT2D eigenvalue weighted by Crippen LogP contribution is -2.44. The third-order valence-electron chi connectivity index (χ3n) is 6.26. The lowest BCUT2D eigenvalue weighted by molar-refractivity contribution is 0.0703. The summed E-state index contributed by atoms with van der Waals surface area (Å²) in [6.45, 7) is 0.962. The monoisotopic (exact) mass is 582 g/mol. The van der Waals surface area contributed by atoms with E-state index in [1.165, 1.54) is 22.3 Å². The number of carbonyl (C=O) groups excluding carboxylic acids is 1. The Bertz CT molecular complexity index is 1250. The molecule has 3 aromatic carbocycles. The second kappa shape index (κ2) is 9.92. The number of hydrogen-bond acceptors (Lipinski definition) is 4. The second-order valence-corrected chi connectivity index (χ2v) is 9.61. The van der Waals surface area contributed by atoms with Crippen molar-refractivity contribution < 1.29 is 14.3 Å². The first-order valence-electron chi connectivity index (χ1n) is 11.1. The van der Waals surface area contributed by atoms with E-state index in [0.717, 1.165) is 22.6 Å². The average molecular weight is 584 g/mol. The standard InChI is InChI=1S/C27H24Br2N2O3/c1-33-25-10-23-24(11-26(25)34-16-19-7-17(12-28)6-18(8-19)13-29)30-14-22-9-20-4-2-3-5-21(20)15-31(22)27(23)32/h2-8,10-11,14,22H,9,12-13,15-16H2,1H3/t22-/m0/s1. The Morgan fingerprint density at radius 2 is 1.68 bits per heavy atom. The molecule has 0 saturated heterocycles. The summed E-state index contributed by atoms with van der Waals surface area (Å²) in [5.41, 5.74) is 7.04. The molecule has 2 aliphatic heterocycles. The van der Waals surface area contributed by atoms with Crippen molar-refractivity contribution in [1.29, 1.82) is 0 Å². The first-order valence-corrected chi connectivity index (χ1v) is 13.3. The average Bonchev–Trinajstić information content (AvgIpc) is 3.01. The number of halogens is 2. The highest BCUT2D eigenvalue weighted by atomic mass is 79.9. The summed E-state index contributed by atoms with van der Waals surface area (Å²) in [5.74, 6) is 1.05. The smallest absolute Gasteiger partial charge is 0.257 e. The lowest BCUT2D eigenvalue weighted by atomic mass is 9.94. The topological polar surface area (TPSA) is 51.1 Å². The van der Waals surface area contributed by atoms with E-state index in [0.29, 0.717) is 35.9 Å². The van der Waals surface area contributed by atoms with Crippen molar-refractivity contribution in [3.8, 4) is 11.5 Å². The fourth-order valence-corrected chi connectivity index (χ4v) is 5.21. The van der Waals surface area contributed by atoms with Gasteiger partial charge in [-0.2, -0.15) is 0 Å². The van der Waals surface area contributed by atoms with Gasteiger partial charge in [0.1, 0.15) is 6.61 Å². The molecule has 2 aliphatic rings. The number of alkyl halides is 2. The number of aliphatic imine (C=N–C) groups is 1. The van der Waals surface area contributed by atoms with Gasteiger partial charge in [-0.25, -0.2) is 0 Å². The van der Waals surface area contributed by atoms with Crippen LogP contribution in [-0.2, 0) is 30.2 Å². The van der Waals surface area contributed by atoms with Crippen LogP contribution in [0.3, 0.4) is 0 Å². The summed E-state index contributed by atoms with van der Waals surface area (Å²) in [5, 5.41) is 1.56. The highest BCUT2D eigenvalue weighted by Gasteiger charge is 2.33. The maximum absolute atomic E-state index is 13.5. The highest BCUT2D eigenvalue weighted by molar-refractivity contribution is 9.08. The van der Waals surface area contributed by atoms with Crippen LogP contribution in [0.4, 0.5) is 5.69 Å².